The van der Waals surface area contributed by atoms with E-state index in [-0.39, 0.29) is 0 Å². The molecule has 0 saturated heterocycles. The van der Waals surface area contributed by atoms with Crippen molar-refractivity contribution >= 4 is 5.96 Å². The first-order chi connectivity index (χ1) is 10.7. The molecule has 0 fully saturated rings. The third kappa shape index (κ3) is 6.63. The van der Waals surface area contributed by atoms with Crippen molar-refractivity contribution in [3.8, 4) is 5.75 Å². The second kappa shape index (κ2) is 10.7. The van der Waals surface area contributed by atoms with Crippen molar-refractivity contribution in [2.75, 3.05) is 33.4 Å². The summed E-state index contributed by atoms with van der Waals surface area (Å²) in [6.07, 6.45) is 1.80. The highest BCUT2D eigenvalue weighted by molar-refractivity contribution is 5.79. The first-order valence-electron chi connectivity index (χ1n) is 7.55. The van der Waals surface area contributed by atoms with Crippen LogP contribution in [0.2, 0.25) is 0 Å². The number of guanidine groups is 1. The monoisotopic (exact) mass is 305 g/mol. The summed E-state index contributed by atoms with van der Waals surface area (Å²) in [5.41, 5.74) is 2.22. The predicted molar refractivity (Wildman–Crippen MR) is 91.6 cm³/mol. The molecule has 0 heterocycles. The molecule has 1 aromatic rings. The average Bonchev–Trinajstić information content (AvgIpc) is 2.51. The molecule has 0 radical (unpaired) electrons. The summed E-state index contributed by atoms with van der Waals surface area (Å²) in [7, 11) is 1.67. The maximum Gasteiger partial charge on any atom is 0.191 e. The fraction of sp³-hybridized carbons (Fsp3) is 0.471. The van der Waals surface area contributed by atoms with Gasteiger partial charge in [-0.25, -0.2) is 4.99 Å². The maximum absolute atomic E-state index is 5.78. The molecular weight excluding hydrogens is 278 g/mol. The van der Waals surface area contributed by atoms with Crippen LogP contribution >= 0.6 is 0 Å². The Balaban J connectivity index is 2.78. The van der Waals surface area contributed by atoms with Crippen LogP contribution < -0.4 is 15.4 Å². The number of benzene rings is 1. The van der Waals surface area contributed by atoms with Gasteiger partial charge in [0.1, 0.15) is 12.4 Å². The summed E-state index contributed by atoms with van der Waals surface area (Å²) in [4.78, 5) is 4.58. The number of methoxy groups -OCH3 is 1. The van der Waals surface area contributed by atoms with Crippen molar-refractivity contribution in [3.63, 3.8) is 0 Å². The van der Waals surface area contributed by atoms with E-state index in [1.807, 2.05) is 19.9 Å². The van der Waals surface area contributed by atoms with Crippen LogP contribution in [0.15, 0.2) is 35.8 Å². The highest BCUT2D eigenvalue weighted by Crippen LogP contribution is 2.21. The standard InChI is InChI=1S/C17H27N3O2/c1-5-9-19-17(18-6-2)20-13-15-8-7-14(3)12-16(15)22-11-10-21-4/h5,7-8,12H,1,6,9-11,13H2,2-4H3,(H2,18,19,20). The molecule has 5 nitrogen and oxygen atoms in total. The van der Waals surface area contributed by atoms with Gasteiger partial charge in [0, 0.05) is 25.8 Å². The highest BCUT2D eigenvalue weighted by atomic mass is 16.5. The van der Waals surface area contributed by atoms with Gasteiger partial charge < -0.3 is 20.1 Å². The van der Waals surface area contributed by atoms with Crippen LogP contribution in [0.4, 0.5) is 0 Å². The first-order valence-corrected chi connectivity index (χ1v) is 7.55. The molecule has 0 aromatic heterocycles. The van der Waals surface area contributed by atoms with Gasteiger partial charge in [-0.2, -0.15) is 0 Å². The Bertz CT molecular complexity index is 487. The number of aliphatic imine (C=N–C) groups is 1. The van der Waals surface area contributed by atoms with Crippen molar-refractivity contribution in [1.82, 2.24) is 10.6 Å². The molecule has 0 saturated carbocycles. The summed E-state index contributed by atoms with van der Waals surface area (Å²) in [5.74, 6) is 1.63. The molecule has 0 atom stereocenters. The second-order valence-corrected chi connectivity index (χ2v) is 4.82. The molecular formula is C17H27N3O2. The van der Waals surface area contributed by atoms with E-state index in [1.54, 1.807) is 13.2 Å². The molecule has 0 spiro atoms. The van der Waals surface area contributed by atoms with Crippen LogP contribution in [-0.4, -0.2) is 39.4 Å². The summed E-state index contributed by atoms with van der Waals surface area (Å²) in [5, 5.41) is 6.38. The molecule has 5 heteroatoms. The van der Waals surface area contributed by atoms with Crippen molar-refractivity contribution in [2.45, 2.75) is 20.4 Å². The molecule has 0 bridgehead atoms. The van der Waals surface area contributed by atoms with Crippen LogP contribution in [0, 0.1) is 6.92 Å². The van der Waals surface area contributed by atoms with Gasteiger partial charge in [0.25, 0.3) is 0 Å². The van der Waals surface area contributed by atoms with E-state index < -0.39 is 0 Å². The van der Waals surface area contributed by atoms with E-state index in [2.05, 4.69) is 34.3 Å². The van der Waals surface area contributed by atoms with E-state index >= 15 is 0 Å². The van der Waals surface area contributed by atoms with Crippen molar-refractivity contribution < 1.29 is 9.47 Å². The lowest BCUT2D eigenvalue weighted by molar-refractivity contribution is 0.146. The zero-order valence-corrected chi connectivity index (χ0v) is 13.8. The Morgan fingerprint density at radius 1 is 1.32 bits per heavy atom. The van der Waals surface area contributed by atoms with E-state index in [9.17, 15) is 0 Å². The molecule has 0 amide bonds. The van der Waals surface area contributed by atoms with Crippen LogP contribution in [0.25, 0.3) is 0 Å². The molecule has 0 aliphatic rings. The molecule has 0 unspecified atom stereocenters. The zero-order chi connectivity index (χ0) is 16.2. The fourth-order valence-electron chi connectivity index (χ4n) is 1.84. The lowest BCUT2D eigenvalue weighted by Gasteiger charge is -2.13. The molecule has 0 aliphatic carbocycles. The van der Waals surface area contributed by atoms with Gasteiger partial charge in [0.15, 0.2) is 5.96 Å². The number of ether oxygens (including phenoxy) is 2. The molecule has 1 aromatic carbocycles. The van der Waals surface area contributed by atoms with Crippen molar-refractivity contribution in [3.05, 3.63) is 42.0 Å². The largest absolute Gasteiger partial charge is 0.491 e. The number of hydrogen-bond donors (Lipinski definition) is 2. The highest BCUT2D eigenvalue weighted by Gasteiger charge is 2.05. The predicted octanol–water partition coefficient (Wildman–Crippen LogP) is 2.26. The summed E-state index contributed by atoms with van der Waals surface area (Å²) >= 11 is 0. The number of aryl methyl sites for hydroxylation is 1. The molecule has 0 aliphatic heterocycles. The van der Waals surface area contributed by atoms with E-state index in [4.69, 9.17) is 9.47 Å². The van der Waals surface area contributed by atoms with E-state index in [0.29, 0.717) is 26.3 Å². The van der Waals surface area contributed by atoms with Gasteiger partial charge in [0.2, 0.25) is 0 Å². The molecule has 1 rings (SSSR count). The van der Waals surface area contributed by atoms with Crippen LogP contribution in [0.5, 0.6) is 5.75 Å². The lowest BCUT2D eigenvalue weighted by Crippen LogP contribution is -2.37. The fourth-order valence-corrected chi connectivity index (χ4v) is 1.84. The van der Waals surface area contributed by atoms with Gasteiger partial charge in [-0.15, -0.1) is 6.58 Å². The van der Waals surface area contributed by atoms with Crippen LogP contribution in [0.3, 0.4) is 0 Å². The number of nitrogens with zero attached hydrogens (tertiary/aromatic N) is 1. The Morgan fingerprint density at radius 3 is 2.82 bits per heavy atom. The van der Waals surface area contributed by atoms with Gasteiger partial charge >= 0.3 is 0 Å². The Morgan fingerprint density at radius 2 is 2.14 bits per heavy atom. The van der Waals surface area contributed by atoms with Gasteiger partial charge in [-0.3, -0.25) is 0 Å². The smallest absolute Gasteiger partial charge is 0.191 e. The minimum Gasteiger partial charge on any atom is -0.491 e. The summed E-state index contributed by atoms with van der Waals surface area (Å²) in [6, 6.07) is 6.15. The van der Waals surface area contributed by atoms with Gasteiger partial charge in [-0.05, 0) is 25.5 Å². The summed E-state index contributed by atoms with van der Waals surface area (Å²) < 4.78 is 10.8. The van der Waals surface area contributed by atoms with Crippen LogP contribution in [0.1, 0.15) is 18.1 Å². The zero-order valence-electron chi connectivity index (χ0n) is 13.8. The topological polar surface area (TPSA) is 54.9 Å². The number of nitrogens with one attached hydrogen (secondary N) is 2. The molecule has 22 heavy (non-hydrogen) atoms. The number of hydrogen-bond acceptors (Lipinski definition) is 3. The normalized spacial score (nSPS) is 11.1. The van der Waals surface area contributed by atoms with E-state index in [0.717, 1.165) is 29.4 Å². The number of rotatable bonds is 9. The van der Waals surface area contributed by atoms with Gasteiger partial charge in [-0.1, -0.05) is 18.2 Å². The van der Waals surface area contributed by atoms with Crippen molar-refractivity contribution in [2.24, 2.45) is 4.99 Å². The summed E-state index contributed by atoms with van der Waals surface area (Å²) in [6.45, 7) is 10.9. The SMILES string of the molecule is C=CCNC(=NCc1ccc(C)cc1OCCOC)NCC. The minimum absolute atomic E-state index is 0.533. The third-order valence-electron chi connectivity index (χ3n) is 2.93. The third-order valence-corrected chi connectivity index (χ3v) is 2.93. The average molecular weight is 305 g/mol. The Kier molecular flexibility index (Phi) is 8.76. The minimum atomic E-state index is 0.533. The van der Waals surface area contributed by atoms with Gasteiger partial charge in [0.05, 0.1) is 13.2 Å². The first kappa shape index (κ1) is 18.0. The quantitative estimate of drug-likeness (QED) is 0.318. The van der Waals surface area contributed by atoms with Crippen LogP contribution in [-0.2, 0) is 11.3 Å². The molecule has 122 valence electrons. The van der Waals surface area contributed by atoms with Crippen molar-refractivity contribution in [1.29, 1.82) is 0 Å². The lowest BCUT2D eigenvalue weighted by atomic mass is 10.1. The maximum atomic E-state index is 5.78. The Hall–Kier alpha value is -2.01. The Labute approximate surface area is 133 Å². The molecule has 2 N–H and O–H groups in total. The van der Waals surface area contributed by atoms with E-state index in [1.165, 1.54) is 0 Å². The second-order valence-electron chi connectivity index (χ2n) is 4.82.